The standard InChI is InChI=1S/C25H24N2O3/c1-16(17-8-4-2-5-9-17)26-21-14-12-20-23(19(21)13-15-22(26)28)25(30)27(24(20)29)18-10-6-3-7-11-18/h2-11,14,16,19-20,23H,12-13,15H2,1H3/t16-,19+,20-,23+/m1/s1. The number of para-hydroxylation sites is 1. The van der Waals surface area contributed by atoms with Crippen LogP contribution in [0.1, 0.15) is 37.8 Å². The van der Waals surface area contributed by atoms with Gasteiger partial charge < -0.3 is 4.90 Å². The SMILES string of the molecule is C[C@H](c1ccccc1)N1C(=O)CC[C@H]2C1=CC[C@H]1C(=O)N(c3ccccc3)C(=O)[C@H]12. The molecule has 1 aliphatic carbocycles. The van der Waals surface area contributed by atoms with Gasteiger partial charge in [-0.3, -0.25) is 19.3 Å². The maximum Gasteiger partial charge on any atom is 0.238 e. The number of rotatable bonds is 3. The van der Waals surface area contributed by atoms with Crippen LogP contribution in [0, 0.1) is 17.8 Å². The maximum absolute atomic E-state index is 13.4. The van der Waals surface area contributed by atoms with Gasteiger partial charge >= 0.3 is 0 Å². The lowest BCUT2D eigenvalue weighted by molar-refractivity contribution is -0.136. The van der Waals surface area contributed by atoms with Crippen molar-refractivity contribution in [2.75, 3.05) is 4.90 Å². The van der Waals surface area contributed by atoms with Crippen molar-refractivity contribution in [1.82, 2.24) is 4.90 Å². The summed E-state index contributed by atoms with van der Waals surface area (Å²) in [5.41, 5.74) is 2.61. The van der Waals surface area contributed by atoms with Gasteiger partial charge in [0, 0.05) is 18.0 Å². The van der Waals surface area contributed by atoms with Gasteiger partial charge in [-0.15, -0.1) is 0 Å². The minimum absolute atomic E-state index is 0.0870. The average molecular weight is 400 g/mol. The van der Waals surface area contributed by atoms with Gasteiger partial charge in [-0.2, -0.15) is 0 Å². The molecule has 2 heterocycles. The van der Waals surface area contributed by atoms with Crippen LogP contribution >= 0.6 is 0 Å². The van der Waals surface area contributed by atoms with E-state index < -0.39 is 5.92 Å². The molecule has 5 heteroatoms. The largest absolute Gasteiger partial charge is 0.309 e. The Bertz CT molecular complexity index is 1030. The summed E-state index contributed by atoms with van der Waals surface area (Å²) < 4.78 is 0. The molecule has 0 radical (unpaired) electrons. The summed E-state index contributed by atoms with van der Waals surface area (Å²) in [6.45, 7) is 2.03. The monoisotopic (exact) mass is 400 g/mol. The molecule has 0 bridgehead atoms. The number of hydrogen-bond acceptors (Lipinski definition) is 3. The second-order valence-corrected chi connectivity index (χ2v) is 8.34. The lowest BCUT2D eigenvalue weighted by atomic mass is 9.71. The molecule has 30 heavy (non-hydrogen) atoms. The normalized spacial score (nSPS) is 26.9. The molecule has 2 saturated heterocycles. The zero-order valence-corrected chi connectivity index (χ0v) is 16.9. The molecule has 3 amide bonds. The van der Waals surface area contributed by atoms with E-state index in [9.17, 15) is 14.4 Å². The predicted molar refractivity (Wildman–Crippen MR) is 113 cm³/mol. The first kappa shape index (κ1) is 18.8. The van der Waals surface area contributed by atoms with Crippen LogP contribution in [0.3, 0.4) is 0 Å². The molecule has 2 aromatic rings. The number of fused-ring (bicyclic) bond motifs is 3. The molecule has 2 aliphatic heterocycles. The van der Waals surface area contributed by atoms with Gasteiger partial charge in [0.15, 0.2) is 0 Å². The number of likely N-dealkylation sites (tertiary alicyclic amines) is 1. The fourth-order valence-electron chi connectivity index (χ4n) is 5.33. The Kier molecular flexibility index (Phi) is 4.54. The number of imide groups is 1. The Hall–Kier alpha value is -3.21. The summed E-state index contributed by atoms with van der Waals surface area (Å²) in [6.07, 6.45) is 3.54. The minimum Gasteiger partial charge on any atom is -0.309 e. The molecule has 0 spiro atoms. The fraction of sp³-hybridized carbons (Fsp3) is 0.320. The smallest absolute Gasteiger partial charge is 0.238 e. The van der Waals surface area contributed by atoms with E-state index in [1.807, 2.05) is 66.4 Å². The van der Waals surface area contributed by atoms with Crippen LogP contribution < -0.4 is 4.90 Å². The van der Waals surface area contributed by atoms with E-state index in [0.717, 1.165) is 11.3 Å². The molecule has 0 N–H and O–H groups in total. The van der Waals surface area contributed by atoms with E-state index in [1.165, 1.54) is 4.90 Å². The first-order valence-corrected chi connectivity index (χ1v) is 10.6. The summed E-state index contributed by atoms with van der Waals surface area (Å²) in [7, 11) is 0. The number of amides is 3. The summed E-state index contributed by atoms with van der Waals surface area (Å²) in [4.78, 5) is 42.7. The summed E-state index contributed by atoms with van der Waals surface area (Å²) in [5.74, 6) is -0.994. The molecule has 3 aliphatic rings. The third-order valence-corrected chi connectivity index (χ3v) is 6.77. The molecule has 4 atom stereocenters. The number of carbonyl (C=O) groups excluding carboxylic acids is 3. The van der Waals surface area contributed by atoms with Crippen molar-refractivity contribution in [3.05, 3.63) is 78.0 Å². The van der Waals surface area contributed by atoms with Crippen molar-refractivity contribution in [2.45, 2.75) is 32.2 Å². The second kappa shape index (κ2) is 7.24. The first-order valence-electron chi connectivity index (χ1n) is 10.6. The quantitative estimate of drug-likeness (QED) is 0.730. The average Bonchev–Trinajstić information content (AvgIpc) is 3.04. The number of allylic oxidation sites excluding steroid dienone is 2. The van der Waals surface area contributed by atoms with Crippen molar-refractivity contribution >= 4 is 23.4 Å². The van der Waals surface area contributed by atoms with Crippen molar-refractivity contribution in [2.24, 2.45) is 17.8 Å². The lowest BCUT2D eigenvalue weighted by Gasteiger charge is -2.44. The van der Waals surface area contributed by atoms with Crippen LogP contribution in [0.2, 0.25) is 0 Å². The van der Waals surface area contributed by atoms with Crippen LogP contribution in [0.15, 0.2) is 72.4 Å². The Morgan fingerprint density at radius 1 is 0.867 bits per heavy atom. The van der Waals surface area contributed by atoms with Gasteiger partial charge in [-0.25, -0.2) is 0 Å². The van der Waals surface area contributed by atoms with Crippen LogP contribution in [-0.4, -0.2) is 22.6 Å². The van der Waals surface area contributed by atoms with Crippen LogP contribution in [0.4, 0.5) is 5.69 Å². The maximum atomic E-state index is 13.4. The highest BCUT2D eigenvalue weighted by Crippen LogP contribution is 2.49. The highest BCUT2D eigenvalue weighted by Gasteiger charge is 2.55. The van der Waals surface area contributed by atoms with E-state index >= 15 is 0 Å². The van der Waals surface area contributed by atoms with E-state index in [-0.39, 0.29) is 35.6 Å². The molecule has 0 unspecified atom stereocenters. The van der Waals surface area contributed by atoms with E-state index in [2.05, 4.69) is 0 Å². The molecule has 5 rings (SSSR count). The Balaban J connectivity index is 1.49. The third kappa shape index (κ3) is 2.80. The third-order valence-electron chi connectivity index (χ3n) is 6.77. The van der Waals surface area contributed by atoms with Gasteiger partial charge in [-0.05, 0) is 37.5 Å². The molecule has 0 aromatic heterocycles. The van der Waals surface area contributed by atoms with E-state index in [0.29, 0.717) is 24.9 Å². The number of hydrogen-bond donors (Lipinski definition) is 0. The Morgan fingerprint density at radius 2 is 1.53 bits per heavy atom. The van der Waals surface area contributed by atoms with Gasteiger partial charge in [0.2, 0.25) is 17.7 Å². The number of benzene rings is 2. The van der Waals surface area contributed by atoms with Crippen molar-refractivity contribution in [3.8, 4) is 0 Å². The number of piperidine rings is 1. The van der Waals surface area contributed by atoms with Crippen molar-refractivity contribution < 1.29 is 14.4 Å². The zero-order valence-electron chi connectivity index (χ0n) is 16.9. The highest BCUT2D eigenvalue weighted by atomic mass is 16.2. The lowest BCUT2D eigenvalue weighted by Crippen LogP contribution is -2.45. The van der Waals surface area contributed by atoms with Gasteiger partial charge in [-0.1, -0.05) is 54.6 Å². The first-order chi connectivity index (χ1) is 14.6. The summed E-state index contributed by atoms with van der Waals surface area (Å²) >= 11 is 0. The van der Waals surface area contributed by atoms with Crippen molar-refractivity contribution in [3.63, 3.8) is 0 Å². The Morgan fingerprint density at radius 3 is 2.23 bits per heavy atom. The minimum atomic E-state index is -0.392. The number of nitrogens with zero attached hydrogens (tertiary/aromatic N) is 2. The van der Waals surface area contributed by atoms with Gasteiger partial charge in [0.25, 0.3) is 0 Å². The van der Waals surface area contributed by atoms with Crippen molar-refractivity contribution in [1.29, 1.82) is 0 Å². The highest BCUT2D eigenvalue weighted by molar-refractivity contribution is 6.22. The molecular formula is C25H24N2O3. The Labute approximate surface area is 176 Å². The number of carbonyl (C=O) groups is 3. The molecular weight excluding hydrogens is 376 g/mol. The molecule has 2 fully saturated rings. The topological polar surface area (TPSA) is 57.7 Å². The number of anilines is 1. The van der Waals surface area contributed by atoms with Gasteiger partial charge in [0.05, 0.1) is 23.6 Å². The molecule has 152 valence electrons. The molecule has 5 nitrogen and oxygen atoms in total. The predicted octanol–water partition coefficient (Wildman–Crippen LogP) is 4.08. The fourth-order valence-corrected chi connectivity index (χ4v) is 5.33. The summed E-state index contributed by atoms with van der Waals surface area (Å²) in [6, 6.07) is 19.0. The molecule has 0 saturated carbocycles. The van der Waals surface area contributed by atoms with E-state index in [4.69, 9.17) is 0 Å². The summed E-state index contributed by atoms with van der Waals surface area (Å²) in [5, 5.41) is 0. The van der Waals surface area contributed by atoms with Crippen LogP contribution in [0.5, 0.6) is 0 Å². The molecule has 2 aromatic carbocycles. The second-order valence-electron chi connectivity index (χ2n) is 8.34. The zero-order chi connectivity index (χ0) is 20.8. The van der Waals surface area contributed by atoms with Crippen LogP contribution in [0.25, 0.3) is 0 Å². The van der Waals surface area contributed by atoms with Gasteiger partial charge in [0.1, 0.15) is 0 Å². The van der Waals surface area contributed by atoms with Crippen LogP contribution in [-0.2, 0) is 14.4 Å². The van der Waals surface area contributed by atoms with E-state index in [1.54, 1.807) is 12.1 Å².